The van der Waals surface area contributed by atoms with Crippen molar-refractivity contribution in [2.75, 3.05) is 33.5 Å². The summed E-state index contributed by atoms with van der Waals surface area (Å²) >= 11 is 0. The molecule has 0 spiro atoms. The summed E-state index contributed by atoms with van der Waals surface area (Å²) < 4.78 is 22.9. The van der Waals surface area contributed by atoms with Gasteiger partial charge in [-0.05, 0) is 68.1 Å². The molecule has 1 atom stereocenters. The minimum Gasteiger partial charge on any atom is -0.490 e. The first kappa shape index (κ1) is 24.5. The molecule has 3 aromatic rings. The van der Waals surface area contributed by atoms with Crippen LogP contribution in [0.4, 0.5) is 0 Å². The molecule has 0 fully saturated rings. The molecule has 2 heterocycles. The van der Waals surface area contributed by atoms with E-state index >= 15 is 0 Å². The Balaban J connectivity index is 1.90. The number of aryl methyl sites for hydroxylation is 2. The lowest BCUT2D eigenvalue weighted by Crippen LogP contribution is -2.31. The van der Waals surface area contributed by atoms with Gasteiger partial charge in [-0.25, -0.2) is 0 Å². The molecule has 1 amide bonds. The highest BCUT2D eigenvalue weighted by atomic mass is 16.5. The smallest absolute Gasteiger partial charge is 0.290 e. The van der Waals surface area contributed by atoms with Crippen molar-refractivity contribution in [3.05, 3.63) is 81.2 Å². The summed E-state index contributed by atoms with van der Waals surface area (Å²) in [6, 6.07) is 8.55. The molecular weight excluding hydrogens is 446 g/mol. The number of hydrogen-bond acceptors (Lipinski definition) is 6. The fraction of sp³-hybridized carbons (Fsp3) is 0.357. The van der Waals surface area contributed by atoms with Gasteiger partial charge in [-0.15, -0.1) is 0 Å². The van der Waals surface area contributed by atoms with E-state index in [1.165, 1.54) is 0 Å². The fourth-order valence-corrected chi connectivity index (χ4v) is 4.46. The highest BCUT2D eigenvalue weighted by Gasteiger charge is 2.42. The van der Waals surface area contributed by atoms with E-state index in [-0.39, 0.29) is 17.1 Å². The van der Waals surface area contributed by atoms with Crippen LogP contribution in [0.3, 0.4) is 0 Å². The van der Waals surface area contributed by atoms with E-state index in [1.807, 2.05) is 45.0 Å². The molecule has 0 aliphatic carbocycles. The van der Waals surface area contributed by atoms with Gasteiger partial charge in [0.1, 0.15) is 12.2 Å². The summed E-state index contributed by atoms with van der Waals surface area (Å²) in [6.45, 7) is 11.2. The van der Waals surface area contributed by atoms with Gasteiger partial charge in [0.05, 0.1) is 23.6 Å². The van der Waals surface area contributed by atoms with Crippen molar-refractivity contribution in [3.8, 4) is 11.5 Å². The first-order valence-electron chi connectivity index (χ1n) is 11.8. The Morgan fingerprint density at radius 2 is 1.86 bits per heavy atom. The Morgan fingerprint density at radius 1 is 1.09 bits per heavy atom. The Kier molecular flexibility index (Phi) is 7.26. The Morgan fingerprint density at radius 3 is 2.57 bits per heavy atom. The average Bonchev–Trinajstić information content (AvgIpc) is 3.12. The number of fused-ring (bicyclic) bond motifs is 2. The first-order valence-corrected chi connectivity index (χ1v) is 11.8. The highest BCUT2D eigenvalue weighted by molar-refractivity contribution is 5.99. The molecule has 35 heavy (non-hydrogen) atoms. The van der Waals surface area contributed by atoms with Gasteiger partial charge in [-0.2, -0.15) is 0 Å². The normalized spacial score (nSPS) is 14.9. The highest BCUT2D eigenvalue weighted by Crippen LogP contribution is 2.41. The van der Waals surface area contributed by atoms with Gasteiger partial charge in [0.25, 0.3) is 5.91 Å². The number of ether oxygens (including phenoxy) is 3. The molecule has 1 unspecified atom stereocenters. The number of amides is 1. The fourth-order valence-electron chi connectivity index (χ4n) is 4.46. The van der Waals surface area contributed by atoms with E-state index in [0.29, 0.717) is 60.8 Å². The Hall–Kier alpha value is -3.58. The Labute approximate surface area is 204 Å². The van der Waals surface area contributed by atoms with Crippen LogP contribution >= 0.6 is 0 Å². The maximum absolute atomic E-state index is 13.8. The van der Waals surface area contributed by atoms with Gasteiger partial charge in [-0.3, -0.25) is 9.59 Å². The summed E-state index contributed by atoms with van der Waals surface area (Å²) in [7, 11) is 1.62. The zero-order valence-corrected chi connectivity index (χ0v) is 20.7. The van der Waals surface area contributed by atoms with Crippen LogP contribution in [-0.4, -0.2) is 44.3 Å². The minimum atomic E-state index is -0.607. The number of benzene rings is 2. The van der Waals surface area contributed by atoms with E-state index in [1.54, 1.807) is 24.2 Å². The molecule has 1 aliphatic heterocycles. The molecule has 1 aliphatic rings. The molecule has 0 saturated heterocycles. The molecule has 0 bridgehead atoms. The number of carbonyl (C=O) groups is 1. The number of carbonyl (C=O) groups excluding carboxylic acids is 1. The summed E-state index contributed by atoms with van der Waals surface area (Å²) in [4.78, 5) is 29.0. The van der Waals surface area contributed by atoms with Crippen LogP contribution in [0.25, 0.3) is 11.0 Å². The van der Waals surface area contributed by atoms with Gasteiger partial charge in [0, 0.05) is 20.3 Å². The summed E-state index contributed by atoms with van der Waals surface area (Å²) in [6.07, 6.45) is 2.28. The maximum atomic E-state index is 13.8. The second-order valence-electron chi connectivity index (χ2n) is 8.59. The zero-order valence-electron chi connectivity index (χ0n) is 20.7. The van der Waals surface area contributed by atoms with Crippen LogP contribution in [0.1, 0.15) is 52.2 Å². The standard InChI is InChI=1S/C28H31NO6/c1-6-12-34-21-10-9-19(16-23(21)33-7-2)25-24-26(30)20-14-17(3)18(4)15-22(20)35-27(24)28(31)29(25)11-8-13-32-5/h6,9-10,14-16,25H,1,7-8,11-13H2,2-5H3. The molecule has 7 heteroatoms. The molecule has 2 aromatic carbocycles. The van der Waals surface area contributed by atoms with Gasteiger partial charge in [-0.1, -0.05) is 18.7 Å². The van der Waals surface area contributed by atoms with Crippen molar-refractivity contribution < 1.29 is 23.4 Å². The van der Waals surface area contributed by atoms with Crippen molar-refractivity contribution >= 4 is 16.9 Å². The monoisotopic (exact) mass is 477 g/mol. The van der Waals surface area contributed by atoms with Crippen LogP contribution in [0.15, 0.2) is 52.2 Å². The van der Waals surface area contributed by atoms with Crippen molar-refractivity contribution in [1.29, 1.82) is 0 Å². The lowest BCUT2D eigenvalue weighted by Gasteiger charge is -2.26. The molecule has 184 valence electrons. The van der Waals surface area contributed by atoms with E-state index in [4.69, 9.17) is 18.6 Å². The molecular formula is C28H31NO6. The molecule has 1 aromatic heterocycles. The van der Waals surface area contributed by atoms with Gasteiger partial charge in [0.2, 0.25) is 5.76 Å². The molecule has 0 N–H and O–H groups in total. The van der Waals surface area contributed by atoms with Crippen LogP contribution in [0.2, 0.25) is 0 Å². The van der Waals surface area contributed by atoms with Gasteiger partial charge >= 0.3 is 0 Å². The first-order chi connectivity index (χ1) is 16.9. The molecule has 4 rings (SSSR count). The largest absolute Gasteiger partial charge is 0.490 e. The van der Waals surface area contributed by atoms with Crippen molar-refractivity contribution in [2.45, 2.75) is 33.2 Å². The molecule has 0 saturated carbocycles. The second-order valence-corrected chi connectivity index (χ2v) is 8.59. The lowest BCUT2D eigenvalue weighted by atomic mass is 9.97. The second kappa shape index (κ2) is 10.4. The topological polar surface area (TPSA) is 78.2 Å². The van der Waals surface area contributed by atoms with Crippen LogP contribution in [0.5, 0.6) is 11.5 Å². The predicted octanol–water partition coefficient (Wildman–Crippen LogP) is 4.96. The predicted molar refractivity (Wildman–Crippen MR) is 135 cm³/mol. The summed E-state index contributed by atoms with van der Waals surface area (Å²) in [5.74, 6) is 0.908. The van der Waals surface area contributed by atoms with E-state index in [2.05, 4.69) is 6.58 Å². The SMILES string of the molecule is C=CCOc1ccc(C2c3c(oc4cc(C)c(C)cc4c3=O)C(=O)N2CCCOC)cc1OCC. The summed E-state index contributed by atoms with van der Waals surface area (Å²) in [5, 5.41) is 0.472. The maximum Gasteiger partial charge on any atom is 0.290 e. The van der Waals surface area contributed by atoms with Crippen molar-refractivity contribution in [1.82, 2.24) is 4.90 Å². The third-order valence-corrected chi connectivity index (χ3v) is 6.27. The number of nitrogens with zero attached hydrogens (tertiary/aromatic N) is 1. The minimum absolute atomic E-state index is 0.0955. The summed E-state index contributed by atoms with van der Waals surface area (Å²) in [5.41, 5.74) is 3.32. The zero-order chi connectivity index (χ0) is 25.1. The van der Waals surface area contributed by atoms with Crippen molar-refractivity contribution in [3.63, 3.8) is 0 Å². The third kappa shape index (κ3) is 4.56. The number of hydrogen-bond donors (Lipinski definition) is 0. The molecule has 0 radical (unpaired) electrons. The Bertz CT molecular complexity index is 1330. The number of rotatable bonds is 10. The van der Waals surface area contributed by atoms with Crippen LogP contribution in [0, 0.1) is 13.8 Å². The van der Waals surface area contributed by atoms with Crippen LogP contribution in [-0.2, 0) is 4.74 Å². The van der Waals surface area contributed by atoms with Crippen molar-refractivity contribution in [2.24, 2.45) is 0 Å². The van der Waals surface area contributed by atoms with E-state index < -0.39 is 6.04 Å². The molecule has 7 nitrogen and oxygen atoms in total. The third-order valence-electron chi connectivity index (χ3n) is 6.27. The number of methoxy groups -OCH3 is 1. The van der Waals surface area contributed by atoms with E-state index in [0.717, 1.165) is 16.7 Å². The lowest BCUT2D eigenvalue weighted by molar-refractivity contribution is 0.0707. The van der Waals surface area contributed by atoms with Gasteiger partial charge < -0.3 is 23.5 Å². The van der Waals surface area contributed by atoms with E-state index in [9.17, 15) is 9.59 Å². The quantitative estimate of drug-likeness (QED) is 0.304. The van der Waals surface area contributed by atoms with Crippen LogP contribution < -0.4 is 14.9 Å². The van der Waals surface area contributed by atoms with Gasteiger partial charge in [0.15, 0.2) is 16.9 Å². The average molecular weight is 478 g/mol.